The van der Waals surface area contributed by atoms with E-state index in [0.717, 1.165) is 11.6 Å². The van der Waals surface area contributed by atoms with Crippen molar-refractivity contribution in [2.75, 3.05) is 13.1 Å². The van der Waals surface area contributed by atoms with Crippen LogP contribution in [0.15, 0.2) is 47.4 Å². The number of likely N-dealkylation sites (tertiary alicyclic amines) is 1. The predicted octanol–water partition coefficient (Wildman–Crippen LogP) is 6.19. The molecular formula is C22H25ClN2S. The van der Waals surface area contributed by atoms with Gasteiger partial charge in [0.05, 0.1) is 0 Å². The van der Waals surface area contributed by atoms with Crippen LogP contribution >= 0.6 is 23.4 Å². The molecule has 0 radical (unpaired) electrons. The first kappa shape index (κ1) is 18.0. The van der Waals surface area contributed by atoms with Gasteiger partial charge in [0.2, 0.25) is 0 Å². The Bertz CT molecular complexity index is 895. The molecule has 0 aliphatic carbocycles. The molecule has 2 nitrogen and oxygen atoms in total. The number of benzene rings is 2. The topological polar surface area (TPSA) is 19.0 Å². The fourth-order valence-electron chi connectivity index (χ4n) is 3.88. The summed E-state index contributed by atoms with van der Waals surface area (Å²) in [6.45, 7) is 7.72. The van der Waals surface area contributed by atoms with Crippen molar-refractivity contribution in [3.05, 3.63) is 64.3 Å². The largest absolute Gasteiger partial charge is 0.357 e. The van der Waals surface area contributed by atoms with Gasteiger partial charge in [-0.1, -0.05) is 41.9 Å². The van der Waals surface area contributed by atoms with Crippen molar-refractivity contribution in [2.45, 2.75) is 43.4 Å². The smallest absolute Gasteiger partial charge is 0.0498 e. The standard InChI is InChI=1S/C22H25ClN2S/c1-15-12-18(23)13-20-21(15)24-16(2)22(20)26-19-8-10-25(11-9-19)14-17-6-4-3-5-7-17/h3-7,12-13,19,24H,8-11,14H2,1-2H3. The lowest BCUT2D eigenvalue weighted by Crippen LogP contribution is -2.34. The highest BCUT2D eigenvalue weighted by Gasteiger charge is 2.22. The minimum atomic E-state index is 0.680. The second-order valence-electron chi connectivity index (χ2n) is 7.30. The molecule has 1 aromatic heterocycles. The summed E-state index contributed by atoms with van der Waals surface area (Å²) in [6, 6.07) is 14.9. The molecule has 1 saturated heterocycles. The maximum Gasteiger partial charge on any atom is 0.0498 e. The number of nitrogens with zero attached hydrogens (tertiary/aromatic N) is 1. The maximum absolute atomic E-state index is 6.31. The third-order valence-corrected chi connectivity index (χ3v) is 7.05. The summed E-state index contributed by atoms with van der Waals surface area (Å²) in [4.78, 5) is 7.52. The van der Waals surface area contributed by atoms with Crippen molar-refractivity contribution in [3.8, 4) is 0 Å². The van der Waals surface area contributed by atoms with Crippen molar-refractivity contribution in [1.29, 1.82) is 0 Å². The van der Waals surface area contributed by atoms with E-state index < -0.39 is 0 Å². The molecule has 1 N–H and O–H groups in total. The van der Waals surface area contributed by atoms with E-state index in [9.17, 15) is 0 Å². The Kier molecular flexibility index (Phi) is 5.30. The molecule has 0 unspecified atom stereocenters. The molecule has 0 amide bonds. The van der Waals surface area contributed by atoms with E-state index in [1.807, 2.05) is 17.8 Å². The minimum absolute atomic E-state index is 0.680. The van der Waals surface area contributed by atoms with Crippen LogP contribution in [-0.2, 0) is 6.54 Å². The van der Waals surface area contributed by atoms with E-state index in [4.69, 9.17) is 11.6 Å². The molecule has 1 fully saturated rings. The number of aromatic nitrogens is 1. The molecule has 2 heterocycles. The van der Waals surface area contributed by atoms with Gasteiger partial charge in [0, 0.05) is 38.3 Å². The number of hydrogen-bond acceptors (Lipinski definition) is 2. The molecule has 4 rings (SSSR count). The molecule has 136 valence electrons. The quantitative estimate of drug-likeness (QED) is 0.577. The van der Waals surface area contributed by atoms with Gasteiger partial charge < -0.3 is 4.98 Å². The Balaban J connectivity index is 1.43. The lowest BCUT2D eigenvalue weighted by atomic mass is 10.1. The van der Waals surface area contributed by atoms with Crippen LogP contribution < -0.4 is 0 Å². The lowest BCUT2D eigenvalue weighted by Gasteiger charge is -2.31. The number of hydrogen-bond donors (Lipinski definition) is 1. The third-order valence-electron chi connectivity index (χ3n) is 5.27. The highest BCUT2D eigenvalue weighted by atomic mass is 35.5. The zero-order valence-electron chi connectivity index (χ0n) is 15.4. The normalized spacial score (nSPS) is 16.4. The second kappa shape index (κ2) is 7.67. The zero-order chi connectivity index (χ0) is 18.1. The van der Waals surface area contributed by atoms with Crippen molar-refractivity contribution < 1.29 is 0 Å². The first-order valence-electron chi connectivity index (χ1n) is 9.31. The number of thioether (sulfide) groups is 1. The second-order valence-corrected chi connectivity index (χ2v) is 9.05. The molecule has 1 aliphatic heterocycles. The number of fused-ring (bicyclic) bond motifs is 1. The van der Waals surface area contributed by atoms with Crippen LogP contribution in [-0.4, -0.2) is 28.2 Å². The number of aromatic amines is 1. The van der Waals surface area contributed by atoms with Gasteiger partial charge in [-0.25, -0.2) is 0 Å². The van der Waals surface area contributed by atoms with Gasteiger partial charge in [0.25, 0.3) is 0 Å². The average Bonchev–Trinajstić information content (AvgIpc) is 2.94. The Morgan fingerprint density at radius 2 is 1.85 bits per heavy atom. The van der Waals surface area contributed by atoms with Crippen LogP contribution in [0.5, 0.6) is 0 Å². The Morgan fingerprint density at radius 1 is 1.12 bits per heavy atom. The SMILES string of the molecule is Cc1[nH]c2c(C)cc(Cl)cc2c1SC1CCN(Cc2ccccc2)CC1. The van der Waals surface area contributed by atoms with Gasteiger partial charge in [0.1, 0.15) is 0 Å². The van der Waals surface area contributed by atoms with Crippen molar-refractivity contribution in [2.24, 2.45) is 0 Å². The summed E-state index contributed by atoms with van der Waals surface area (Å²) in [5.41, 5.74) is 5.13. The number of nitrogens with one attached hydrogen (secondary N) is 1. The maximum atomic E-state index is 6.31. The van der Waals surface area contributed by atoms with E-state index in [1.54, 1.807) is 0 Å². The molecule has 0 bridgehead atoms. The Morgan fingerprint density at radius 3 is 2.58 bits per heavy atom. The summed E-state index contributed by atoms with van der Waals surface area (Å²) in [5, 5.41) is 2.79. The summed E-state index contributed by atoms with van der Waals surface area (Å²) in [5.74, 6) is 0. The van der Waals surface area contributed by atoms with Crippen LogP contribution in [0, 0.1) is 13.8 Å². The number of piperidine rings is 1. The van der Waals surface area contributed by atoms with Gasteiger partial charge in [-0.15, -0.1) is 11.8 Å². The Labute approximate surface area is 164 Å². The van der Waals surface area contributed by atoms with Crippen LogP contribution in [0.2, 0.25) is 5.02 Å². The molecule has 3 aromatic rings. The minimum Gasteiger partial charge on any atom is -0.357 e. The number of H-pyrrole nitrogens is 1. The van der Waals surface area contributed by atoms with Gasteiger partial charge in [0.15, 0.2) is 0 Å². The first-order chi connectivity index (χ1) is 12.6. The van der Waals surface area contributed by atoms with Gasteiger partial charge in [-0.3, -0.25) is 4.90 Å². The van der Waals surface area contributed by atoms with Gasteiger partial charge in [-0.05, 0) is 63.0 Å². The Hall–Kier alpha value is -1.42. The fourth-order valence-corrected chi connectivity index (χ4v) is 5.45. The van der Waals surface area contributed by atoms with Crippen molar-refractivity contribution in [3.63, 3.8) is 0 Å². The van der Waals surface area contributed by atoms with Crippen molar-refractivity contribution in [1.82, 2.24) is 9.88 Å². The monoisotopic (exact) mass is 384 g/mol. The number of halogens is 1. The van der Waals surface area contributed by atoms with E-state index in [2.05, 4.69) is 60.1 Å². The van der Waals surface area contributed by atoms with E-state index in [1.165, 1.54) is 58.6 Å². The van der Waals surface area contributed by atoms with Crippen LogP contribution in [0.25, 0.3) is 10.9 Å². The van der Waals surface area contributed by atoms with Gasteiger partial charge in [-0.2, -0.15) is 0 Å². The lowest BCUT2D eigenvalue weighted by molar-refractivity contribution is 0.225. The molecule has 4 heteroatoms. The van der Waals surface area contributed by atoms with E-state index in [0.29, 0.717) is 5.25 Å². The fraction of sp³-hybridized carbons (Fsp3) is 0.364. The molecule has 0 atom stereocenters. The zero-order valence-corrected chi connectivity index (χ0v) is 17.0. The molecule has 26 heavy (non-hydrogen) atoms. The van der Waals surface area contributed by atoms with E-state index in [-0.39, 0.29) is 0 Å². The summed E-state index contributed by atoms with van der Waals surface area (Å²) < 4.78 is 0. The van der Waals surface area contributed by atoms with E-state index >= 15 is 0 Å². The summed E-state index contributed by atoms with van der Waals surface area (Å²) in [6.07, 6.45) is 2.48. The third kappa shape index (κ3) is 3.80. The predicted molar refractivity (Wildman–Crippen MR) is 113 cm³/mol. The molecule has 1 aliphatic rings. The van der Waals surface area contributed by atoms with Gasteiger partial charge >= 0.3 is 0 Å². The highest BCUT2D eigenvalue weighted by Crippen LogP contribution is 2.39. The van der Waals surface area contributed by atoms with Crippen LogP contribution in [0.3, 0.4) is 0 Å². The molecule has 0 saturated carbocycles. The summed E-state index contributed by atoms with van der Waals surface area (Å²) in [7, 11) is 0. The van der Waals surface area contributed by atoms with Crippen LogP contribution in [0.1, 0.15) is 29.7 Å². The summed E-state index contributed by atoms with van der Waals surface area (Å²) >= 11 is 8.35. The average molecular weight is 385 g/mol. The first-order valence-corrected chi connectivity index (χ1v) is 10.6. The number of rotatable bonds is 4. The van der Waals surface area contributed by atoms with Crippen molar-refractivity contribution >= 4 is 34.3 Å². The highest BCUT2D eigenvalue weighted by molar-refractivity contribution is 8.00. The van der Waals surface area contributed by atoms with Crippen LogP contribution in [0.4, 0.5) is 0 Å². The molecular weight excluding hydrogens is 360 g/mol. The number of aryl methyl sites for hydroxylation is 2. The molecule has 0 spiro atoms. The molecule has 2 aromatic carbocycles.